The van der Waals surface area contributed by atoms with Crippen LogP contribution in [-0.2, 0) is 11.3 Å². The van der Waals surface area contributed by atoms with Gasteiger partial charge in [-0.05, 0) is 26.2 Å². The average molecular weight is 235 g/mol. The first-order valence-electron chi connectivity index (χ1n) is 6.40. The van der Waals surface area contributed by atoms with Gasteiger partial charge < -0.3 is 10.1 Å². The minimum Gasteiger partial charge on any atom is -0.378 e. The van der Waals surface area contributed by atoms with E-state index in [0.29, 0.717) is 12.1 Å². The van der Waals surface area contributed by atoms with Crippen molar-refractivity contribution in [2.75, 3.05) is 6.61 Å². The Bertz CT molecular complexity index is 339. The normalized spacial score (nSPS) is 24.8. The molecule has 0 amide bonds. The van der Waals surface area contributed by atoms with Gasteiger partial charge in [-0.1, -0.05) is 6.92 Å². The number of hydrogen-bond acceptors (Lipinski definition) is 4. The first-order chi connectivity index (χ1) is 8.28. The lowest BCUT2D eigenvalue weighted by Crippen LogP contribution is -2.38. The summed E-state index contributed by atoms with van der Waals surface area (Å²) < 4.78 is 5.66. The van der Waals surface area contributed by atoms with E-state index in [1.54, 1.807) is 0 Å². The Morgan fingerprint density at radius 3 is 3.00 bits per heavy atom. The predicted molar refractivity (Wildman–Crippen MR) is 66.7 cm³/mol. The Kier molecular flexibility index (Phi) is 4.45. The molecule has 1 aliphatic rings. The maximum absolute atomic E-state index is 5.66. The van der Waals surface area contributed by atoms with Crippen molar-refractivity contribution < 1.29 is 4.74 Å². The summed E-state index contributed by atoms with van der Waals surface area (Å²) in [6, 6.07) is 0.553. The van der Waals surface area contributed by atoms with Gasteiger partial charge in [-0.15, -0.1) is 0 Å². The van der Waals surface area contributed by atoms with Crippen LogP contribution in [-0.4, -0.2) is 28.7 Å². The summed E-state index contributed by atoms with van der Waals surface area (Å²) in [4.78, 5) is 8.59. The fraction of sp³-hybridized carbons (Fsp3) is 0.692. The van der Waals surface area contributed by atoms with Crippen LogP contribution < -0.4 is 5.32 Å². The molecular weight excluding hydrogens is 214 g/mol. The summed E-state index contributed by atoms with van der Waals surface area (Å²) in [6.07, 6.45) is 7.38. The minimum absolute atomic E-state index is 0.422. The van der Waals surface area contributed by atoms with Crippen LogP contribution in [0.3, 0.4) is 0 Å². The highest BCUT2D eigenvalue weighted by Crippen LogP contribution is 2.16. The Labute approximate surface area is 103 Å². The molecule has 1 aliphatic heterocycles. The molecular formula is C13H21N3O. The first kappa shape index (κ1) is 12.5. The summed E-state index contributed by atoms with van der Waals surface area (Å²) in [6.45, 7) is 5.80. The van der Waals surface area contributed by atoms with Gasteiger partial charge >= 0.3 is 0 Å². The van der Waals surface area contributed by atoms with Crippen molar-refractivity contribution in [3.05, 3.63) is 23.8 Å². The van der Waals surface area contributed by atoms with E-state index in [4.69, 9.17) is 4.74 Å². The van der Waals surface area contributed by atoms with E-state index < -0.39 is 0 Å². The molecule has 0 bridgehead atoms. The molecule has 0 spiro atoms. The lowest BCUT2D eigenvalue weighted by atomic mass is 10.0. The second-order valence-electron chi connectivity index (χ2n) is 4.65. The molecule has 0 aromatic carbocycles. The molecule has 1 saturated heterocycles. The number of hydrogen-bond donors (Lipinski definition) is 1. The molecule has 4 heteroatoms. The largest absolute Gasteiger partial charge is 0.378 e. The zero-order valence-corrected chi connectivity index (χ0v) is 10.6. The van der Waals surface area contributed by atoms with E-state index in [9.17, 15) is 0 Å². The Balaban J connectivity index is 1.79. The molecule has 0 saturated carbocycles. The van der Waals surface area contributed by atoms with Crippen molar-refractivity contribution in [1.82, 2.24) is 15.3 Å². The van der Waals surface area contributed by atoms with Crippen LogP contribution in [0.2, 0.25) is 0 Å². The van der Waals surface area contributed by atoms with Gasteiger partial charge in [0.1, 0.15) is 0 Å². The molecule has 94 valence electrons. The van der Waals surface area contributed by atoms with Gasteiger partial charge in [-0.25, -0.2) is 0 Å². The van der Waals surface area contributed by atoms with Crippen molar-refractivity contribution in [3.63, 3.8) is 0 Å². The van der Waals surface area contributed by atoms with E-state index in [1.165, 1.54) is 0 Å². The molecule has 0 radical (unpaired) electrons. The highest BCUT2D eigenvalue weighted by molar-refractivity contribution is 5.00. The summed E-state index contributed by atoms with van der Waals surface area (Å²) in [5.74, 6) is 0. The second-order valence-corrected chi connectivity index (χ2v) is 4.65. The molecule has 4 nitrogen and oxygen atoms in total. The van der Waals surface area contributed by atoms with Gasteiger partial charge in [-0.2, -0.15) is 0 Å². The highest BCUT2D eigenvalue weighted by Gasteiger charge is 2.20. The van der Waals surface area contributed by atoms with Crippen LogP contribution in [0.15, 0.2) is 12.4 Å². The van der Waals surface area contributed by atoms with Gasteiger partial charge in [0.25, 0.3) is 0 Å². The third-order valence-electron chi connectivity index (χ3n) is 3.23. The molecule has 1 aromatic heterocycles. The number of rotatable bonds is 4. The third-order valence-corrected chi connectivity index (χ3v) is 3.23. The number of nitrogens with one attached hydrogen (secondary N) is 1. The Morgan fingerprint density at radius 1 is 1.41 bits per heavy atom. The third kappa shape index (κ3) is 3.75. The van der Waals surface area contributed by atoms with Gasteiger partial charge in [0.15, 0.2) is 0 Å². The van der Waals surface area contributed by atoms with Crippen LogP contribution in [0.4, 0.5) is 0 Å². The van der Waals surface area contributed by atoms with Gasteiger partial charge in [0.2, 0.25) is 0 Å². The average Bonchev–Trinajstić information content (AvgIpc) is 2.38. The SMILES string of the molecule is CCC1CC(NCc2cnc(C)cn2)CCO1. The Hall–Kier alpha value is -1.00. The molecule has 2 heterocycles. The van der Waals surface area contributed by atoms with E-state index >= 15 is 0 Å². The molecule has 0 aliphatic carbocycles. The lowest BCUT2D eigenvalue weighted by molar-refractivity contribution is -0.000373. The second kappa shape index (κ2) is 6.07. The van der Waals surface area contributed by atoms with Crippen LogP contribution in [0, 0.1) is 6.92 Å². The zero-order valence-electron chi connectivity index (χ0n) is 10.6. The Morgan fingerprint density at radius 2 is 2.29 bits per heavy atom. The van der Waals surface area contributed by atoms with Crippen LogP contribution in [0.25, 0.3) is 0 Å². The fourth-order valence-electron chi connectivity index (χ4n) is 2.11. The number of nitrogens with zero attached hydrogens (tertiary/aromatic N) is 2. The topological polar surface area (TPSA) is 47.0 Å². The van der Waals surface area contributed by atoms with E-state index in [1.807, 2.05) is 19.3 Å². The van der Waals surface area contributed by atoms with E-state index in [0.717, 1.165) is 43.8 Å². The number of ether oxygens (including phenoxy) is 1. The molecule has 1 fully saturated rings. The van der Waals surface area contributed by atoms with Crippen LogP contribution >= 0.6 is 0 Å². The fourth-order valence-corrected chi connectivity index (χ4v) is 2.11. The van der Waals surface area contributed by atoms with E-state index in [-0.39, 0.29) is 0 Å². The molecule has 2 rings (SSSR count). The van der Waals surface area contributed by atoms with Gasteiger partial charge in [0.05, 0.1) is 17.5 Å². The van der Waals surface area contributed by atoms with Crippen molar-refractivity contribution in [2.24, 2.45) is 0 Å². The summed E-state index contributed by atoms with van der Waals surface area (Å²) in [5.41, 5.74) is 1.97. The standard InChI is InChI=1S/C13H21N3O/c1-3-13-6-11(4-5-17-13)16-9-12-8-14-10(2)7-15-12/h7-8,11,13,16H,3-6,9H2,1-2H3. The van der Waals surface area contributed by atoms with Crippen molar-refractivity contribution in [3.8, 4) is 0 Å². The first-order valence-corrected chi connectivity index (χ1v) is 6.40. The van der Waals surface area contributed by atoms with Crippen LogP contribution in [0.5, 0.6) is 0 Å². The van der Waals surface area contributed by atoms with Crippen molar-refractivity contribution >= 4 is 0 Å². The lowest BCUT2D eigenvalue weighted by Gasteiger charge is -2.29. The smallest absolute Gasteiger partial charge is 0.0724 e. The van der Waals surface area contributed by atoms with Gasteiger partial charge in [-0.3, -0.25) is 9.97 Å². The molecule has 2 unspecified atom stereocenters. The van der Waals surface area contributed by atoms with Crippen LogP contribution in [0.1, 0.15) is 37.6 Å². The number of aromatic nitrogens is 2. The molecule has 1 N–H and O–H groups in total. The van der Waals surface area contributed by atoms with Crippen molar-refractivity contribution in [2.45, 2.75) is 51.8 Å². The van der Waals surface area contributed by atoms with Gasteiger partial charge in [0, 0.05) is 31.6 Å². The summed E-state index contributed by atoms with van der Waals surface area (Å²) >= 11 is 0. The predicted octanol–water partition coefficient (Wildman–Crippen LogP) is 1.83. The monoisotopic (exact) mass is 235 g/mol. The van der Waals surface area contributed by atoms with E-state index in [2.05, 4.69) is 22.2 Å². The minimum atomic E-state index is 0.422. The summed E-state index contributed by atoms with van der Waals surface area (Å²) in [7, 11) is 0. The molecule has 17 heavy (non-hydrogen) atoms. The maximum Gasteiger partial charge on any atom is 0.0724 e. The molecule has 1 aromatic rings. The quantitative estimate of drug-likeness (QED) is 0.865. The molecule has 2 atom stereocenters. The zero-order chi connectivity index (χ0) is 12.1. The number of aryl methyl sites for hydroxylation is 1. The summed E-state index contributed by atoms with van der Waals surface area (Å²) in [5, 5.41) is 3.54. The maximum atomic E-state index is 5.66. The van der Waals surface area contributed by atoms with Crippen molar-refractivity contribution in [1.29, 1.82) is 0 Å². The highest BCUT2D eigenvalue weighted by atomic mass is 16.5.